The van der Waals surface area contributed by atoms with Crippen molar-refractivity contribution in [2.24, 2.45) is 0 Å². The van der Waals surface area contributed by atoms with Crippen molar-refractivity contribution >= 4 is 27.6 Å². The number of rotatable bonds is 5. The average Bonchev–Trinajstić information content (AvgIpc) is 2.30. The maximum Gasteiger partial charge on any atom is 0.331 e. The van der Waals surface area contributed by atoms with Crippen LogP contribution in [0.4, 0.5) is 10.1 Å². The number of hydrogen-bond acceptors (Lipinski definition) is 2. The highest BCUT2D eigenvalue weighted by Gasteiger charge is 2.06. The standard InChI is InChI=1S/C13H15BrFNO2/c1-3-9(13(17)18)4-5-16-12-7-11(15)10(14)6-8(12)2/h4,6-7,16H,3,5H2,1-2H3,(H,17,18)/b9-4-. The van der Waals surface area contributed by atoms with Gasteiger partial charge < -0.3 is 10.4 Å². The van der Waals surface area contributed by atoms with Crippen LogP contribution in [0.3, 0.4) is 0 Å². The zero-order valence-corrected chi connectivity index (χ0v) is 11.8. The van der Waals surface area contributed by atoms with E-state index in [4.69, 9.17) is 5.11 Å². The van der Waals surface area contributed by atoms with Crippen LogP contribution in [0.1, 0.15) is 18.9 Å². The molecule has 98 valence electrons. The Labute approximate surface area is 114 Å². The SMILES string of the molecule is CC/C(=C/CNc1cc(F)c(Br)cc1C)C(=O)O. The fraction of sp³-hybridized carbons (Fsp3) is 0.308. The quantitative estimate of drug-likeness (QED) is 0.814. The molecule has 0 aliphatic heterocycles. The monoisotopic (exact) mass is 315 g/mol. The molecule has 1 aromatic carbocycles. The number of anilines is 1. The molecule has 0 radical (unpaired) electrons. The smallest absolute Gasteiger partial charge is 0.331 e. The first-order chi connectivity index (χ1) is 8.45. The predicted octanol–water partition coefficient (Wildman–Crippen LogP) is 3.73. The molecule has 0 aliphatic carbocycles. The van der Waals surface area contributed by atoms with E-state index < -0.39 is 5.97 Å². The lowest BCUT2D eigenvalue weighted by Crippen LogP contribution is -2.05. The maximum atomic E-state index is 13.3. The van der Waals surface area contributed by atoms with Crippen molar-refractivity contribution in [1.29, 1.82) is 0 Å². The minimum absolute atomic E-state index is 0.345. The number of carboxylic acids is 1. The Bertz CT molecular complexity index is 486. The van der Waals surface area contributed by atoms with Gasteiger partial charge in [0.05, 0.1) is 4.47 Å². The first kappa shape index (κ1) is 14.7. The van der Waals surface area contributed by atoms with E-state index >= 15 is 0 Å². The summed E-state index contributed by atoms with van der Waals surface area (Å²) in [5.74, 6) is -1.26. The van der Waals surface area contributed by atoms with E-state index in [1.807, 2.05) is 6.92 Å². The summed E-state index contributed by atoms with van der Waals surface area (Å²) in [7, 11) is 0. The van der Waals surface area contributed by atoms with Crippen LogP contribution in [-0.4, -0.2) is 17.6 Å². The number of halogens is 2. The van der Waals surface area contributed by atoms with Crippen LogP contribution in [0.15, 0.2) is 28.3 Å². The molecule has 0 amide bonds. The number of carbonyl (C=O) groups is 1. The molecular weight excluding hydrogens is 301 g/mol. The highest BCUT2D eigenvalue weighted by molar-refractivity contribution is 9.10. The van der Waals surface area contributed by atoms with Crippen molar-refractivity contribution < 1.29 is 14.3 Å². The third-order valence-corrected chi connectivity index (χ3v) is 3.17. The molecule has 0 fully saturated rings. The van der Waals surface area contributed by atoms with Gasteiger partial charge in [0.25, 0.3) is 0 Å². The fourth-order valence-electron chi connectivity index (χ4n) is 1.50. The van der Waals surface area contributed by atoms with E-state index in [0.29, 0.717) is 28.7 Å². The Kier molecular flexibility index (Phi) is 5.34. The van der Waals surface area contributed by atoms with Crippen LogP contribution < -0.4 is 5.32 Å². The molecule has 1 aromatic rings. The summed E-state index contributed by atoms with van der Waals surface area (Å²) >= 11 is 3.11. The van der Waals surface area contributed by atoms with Gasteiger partial charge in [-0.2, -0.15) is 0 Å². The number of aryl methyl sites for hydroxylation is 1. The molecule has 0 spiro atoms. The number of carboxylic acid groups (broad SMARTS) is 1. The van der Waals surface area contributed by atoms with Gasteiger partial charge in [-0.15, -0.1) is 0 Å². The van der Waals surface area contributed by atoms with Gasteiger partial charge in [0.2, 0.25) is 0 Å². The molecule has 1 rings (SSSR count). The first-order valence-electron chi connectivity index (χ1n) is 5.57. The minimum atomic E-state index is -0.919. The Balaban J connectivity index is 2.75. The second-order valence-electron chi connectivity index (χ2n) is 3.85. The first-order valence-corrected chi connectivity index (χ1v) is 6.36. The summed E-state index contributed by atoms with van der Waals surface area (Å²) in [6.07, 6.45) is 2.06. The number of hydrogen-bond donors (Lipinski definition) is 2. The van der Waals surface area contributed by atoms with Crippen LogP contribution in [-0.2, 0) is 4.79 Å². The molecule has 18 heavy (non-hydrogen) atoms. The maximum absolute atomic E-state index is 13.3. The van der Waals surface area contributed by atoms with Crippen molar-refractivity contribution in [3.8, 4) is 0 Å². The van der Waals surface area contributed by atoms with Gasteiger partial charge >= 0.3 is 5.97 Å². The topological polar surface area (TPSA) is 49.3 Å². The molecule has 5 heteroatoms. The Morgan fingerprint density at radius 3 is 2.78 bits per heavy atom. The van der Waals surface area contributed by atoms with Crippen LogP contribution in [0.5, 0.6) is 0 Å². The Morgan fingerprint density at radius 1 is 1.56 bits per heavy atom. The normalized spacial score (nSPS) is 11.4. The van der Waals surface area contributed by atoms with Crippen molar-refractivity contribution in [2.45, 2.75) is 20.3 Å². The van der Waals surface area contributed by atoms with Gasteiger partial charge in [-0.1, -0.05) is 13.0 Å². The molecule has 0 aromatic heterocycles. The van der Waals surface area contributed by atoms with E-state index in [-0.39, 0.29) is 5.82 Å². The molecule has 0 saturated heterocycles. The predicted molar refractivity (Wildman–Crippen MR) is 73.3 cm³/mol. The van der Waals surface area contributed by atoms with Gasteiger partial charge in [0.15, 0.2) is 0 Å². The van der Waals surface area contributed by atoms with Crippen LogP contribution in [0.2, 0.25) is 0 Å². The molecule has 2 N–H and O–H groups in total. The summed E-state index contributed by atoms with van der Waals surface area (Å²) in [5.41, 5.74) is 1.90. The van der Waals surface area contributed by atoms with Gasteiger partial charge in [0, 0.05) is 17.8 Å². The largest absolute Gasteiger partial charge is 0.478 e. The summed E-state index contributed by atoms with van der Waals surface area (Å²) < 4.78 is 13.8. The zero-order chi connectivity index (χ0) is 13.7. The van der Waals surface area contributed by atoms with E-state index in [0.717, 1.165) is 5.56 Å². The summed E-state index contributed by atoms with van der Waals surface area (Å²) in [4.78, 5) is 10.8. The average molecular weight is 316 g/mol. The highest BCUT2D eigenvalue weighted by atomic mass is 79.9. The second kappa shape index (κ2) is 6.54. The third kappa shape index (κ3) is 3.84. The van der Waals surface area contributed by atoms with Crippen molar-refractivity contribution in [2.75, 3.05) is 11.9 Å². The lowest BCUT2D eigenvalue weighted by Gasteiger charge is -2.09. The van der Waals surface area contributed by atoms with Crippen LogP contribution in [0, 0.1) is 12.7 Å². The molecule has 0 saturated carbocycles. The highest BCUT2D eigenvalue weighted by Crippen LogP contribution is 2.23. The van der Waals surface area contributed by atoms with Crippen molar-refractivity contribution in [1.82, 2.24) is 0 Å². The molecule has 0 heterocycles. The van der Waals surface area contributed by atoms with E-state index in [1.165, 1.54) is 6.07 Å². The van der Waals surface area contributed by atoms with Crippen LogP contribution >= 0.6 is 15.9 Å². The van der Waals surface area contributed by atoms with Gasteiger partial charge in [0.1, 0.15) is 5.82 Å². The molecule has 0 bridgehead atoms. The van der Waals surface area contributed by atoms with Crippen LogP contribution in [0.25, 0.3) is 0 Å². The Hall–Kier alpha value is -1.36. The van der Waals surface area contributed by atoms with E-state index in [9.17, 15) is 9.18 Å². The number of aliphatic carboxylic acids is 1. The van der Waals surface area contributed by atoms with Gasteiger partial charge in [-0.3, -0.25) is 0 Å². The molecular formula is C13H15BrFNO2. The van der Waals surface area contributed by atoms with Gasteiger partial charge in [-0.25, -0.2) is 9.18 Å². The number of nitrogens with one attached hydrogen (secondary N) is 1. The van der Waals surface area contributed by atoms with E-state index in [1.54, 1.807) is 19.1 Å². The Morgan fingerprint density at radius 2 is 2.22 bits per heavy atom. The summed E-state index contributed by atoms with van der Waals surface area (Å²) in [6, 6.07) is 3.07. The molecule has 0 aliphatic rings. The fourth-order valence-corrected chi connectivity index (χ4v) is 1.96. The molecule has 0 atom stereocenters. The number of benzene rings is 1. The summed E-state index contributed by atoms with van der Waals surface area (Å²) in [5, 5.41) is 11.8. The zero-order valence-electron chi connectivity index (χ0n) is 10.3. The minimum Gasteiger partial charge on any atom is -0.478 e. The second-order valence-corrected chi connectivity index (χ2v) is 4.70. The van der Waals surface area contributed by atoms with Gasteiger partial charge in [-0.05, 0) is 47.0 Å². The van der Waals surface area contributed by atoms with Crippen molar-refractivity contribution in [3.05, 3.63) is 39.6 Å². The lowest BCUT2D eigenvalue weighted by atomic mass is 10.1. The third-order valence-electron chi connectivity index (χ3n) is 2.56. The molecule has 0 unspecified atom stereocenters. The lowest BCUT2D eigenvalue weighted by molar-refractivity contribution is -0.132. The van der Waals surface area contributed by atoms with Crippen molar-refractivity contribution in [3.63, 3.8) is 0 Å². The van der Waals surface area contributed by atoms with E-state index in [2.05, 4.69) is 21.2 Å². The summed E-state index contributed by atoms with van der Waals surface area (Å²) in [6.45, 7) is 4.00. The molecule has 3 nitrogen and oxygen atoms in total.